The van der Waals surface area contributed by atoms with Gasteiger partial charge in [0.15, 0.2) is 0 Å². The van der Waals surface area contributed by atoms with Crippen molar-refractivity contribution >= 4 is 16.0 Å². The second-order valence-corrected chi connectivity index (χ2v) is 6.83. The Morgan fingerprint density at radius 1 is 1.15 bits per heavy atom. The number of carbonyl (C=O) groups excluding carboxylic acids is 1. The molecule has 112 valence electrons. The Balaban J connectivity index is 2.93. The summed E-state index contributed by atoms with van der Waals surface area (Å²) in [6, 6.07) is 5.80. The van der Waals surface area contributed by atoms with Gasteiger partial charge in [-0.25, -0.2) is 18.4 Å². The third kappa shape index (κ3) is 3.51. The van der Waals surface area contributed by atoms with E-state index in [4.69, 9.17) is 0 Å². The Hall–Kier alpha value is -1.54. The highest BCUT2D eigenvalue weighted by molar-refractivity contribution is 7.91. The topological polar surface area (TPSA) is 86.5 Å². The van der Waals surface area contributed by atoms with Gasteiger partial charge in [-0.3, -0.25) is 0 Å². The standard InChI is InChI=1S/C12H15F2NO4S/c1-11(2,3)8-4-6-9(7-5-8)19-10(16)12(13,14)20(15,17)18/h4-7H,1-3H3,(H2,15,17,18). The number of sulfonamides is 1. The molecule has 0 radical (unpaired) electrons. The molecule has 1 aromatic carbocycles. The Morgan fingerprint density at radius 3 is 1.95 bits per heavy atom. The van der Waals surface area contributed by atoms with Gasteiger partial charge in [-0.15, -0.1) is 0 Å². The van der Waals surface area contributed by atoms with E-state index in [1.807, 2.05) is 20.8 Å². The van der Waals surface area contributed by atoms with Crippen LogP contribution in [0.25, 0.3) is 0 Å². The van der Waals surface area contributed by atoms with Crippen molar-refractivity contribution in [2.45, 2.75) is 31.4 Å². The van der Waals surface area contributed by atoms with Crippen molar-refractivity contribution in [3.63, 3.8) is 0 Å². The lowest BCUT2D eigenvalue weighted by molar-refractivity contribution is -0.150. The third-order valence-electron chi connectivity index (χ3n) is 2.53. The van der Waals surface area contributed by atoms with E-state index in [1.165, 1.54) is 12.1 Å². The summed E-state index contributed by atoms with van der Waals surface area (Å²) in [5, 5.41) is -0.512. The van der Waals surface area contributed by atoms with E-state index in [0.29, 0.717) is 0 Å². The molecule has 0 bridgehead atoms. The van der Waals surface area contributed by atoms with Gasteiger partial charge in [-0.05, 0) is 23.1 Å². The molecule has 2 N–H and O–H groups in total. The first-order valence-electron chi connectivity index (χ1n) is 5.58. The maximum absolute atomic E-state index is 13.1. The molecule has 0 spiro atoms. The van der Waals surface area contributed by atoms with Gasteiger partial charge in [0.05, 0.1) is 0 Å². The van der Waals surface area contributed by atoms with Gasteiger partial charge in [-0.1, -0.05) is 32.9 Å². The van der Waals surface area contributed by atoms with Crippen molar-refractivity contribution in [3.8, 4) is 5.75 Å². The average molecular weight is 307 g/mol. The van der Waals surface area contributed by atoms with Crippen LogP contribution in [0.4, 0.5) is 8.78 Å². The van der Waals surface area contributed by atoms with E-state index in [2.05, 4.69) is 9.88 Å². The van der Waals surface area contributed by atoms with Crippen LogP contribution in [-0.4, -0.2) is 19.6 Å². The lowest BCUT2D eigenvalue weighted by Gasteiger charge is -2.19. The largest absolute Gasteiger partial charge is 0.454 e. The van der Waals surface area contributed by atoms with Crippen molar-refractivity contribution in [1.29, 1.82) is 0 Å². The second kappa shape index (κ2) is 5.10. The van der Waals surface area contributed by atoms with Gasteiger partial charge in [0.25, 0.3) is 10.0 Å². The highest BCUT2D eigenvalue weighted by Gasteiger charge is 2.53. The highest BCUT2D eigenvalue weighted by atomic mass is 32.2. The summed E-state index contributed by atoms with van der Waals surface area (Å²) in [5.41, 5.74) is 0.739. The van der Waals surface area contributed by atoms with E-state index in [1.54, 1.807) is 12.1 Å². The number of primary sulfonamides is 1. The summed E-state index contributed by atoms with van der Waals surface area (Å²) in [7, 11) is -5.36. The number of rotatable bonds is 3. The third-order valence-corrected chi connectivity index (χ3v) is 3.41. The fourth-order valence-electron chi connectivity index (χ4n) is 1.31. The number of halogens is 2. The van der Waals surface area contributed by atoms with Crippen LogP contribution in [-0.2, 0) is 20.2 Å². The molecular formula is C12H15F2NO4S. The number of nitrogens with two attached hydrogens (primary N) is 1. The molecule has 0 saturated heterocycles. The zero-order valence-corrected chi connectivity index (χ0v) is 12.0. The van der Waals surface area contributed by atoms with Crippen LogP contribution >= 0.6 is 0 Å². The van der Waals surface area contributed by atoms with Crippen molar-refractivity contribution in [3.05, 3.63) is 29.8 Å². The van der Waals surface area contributed by atoms with E-state index < -0.39 is 21.2 Å². The van der Waals surface area contributed by atoms with Crippen LogP contribution in [0.15, 0.2) is 24.3 Å². The summed E-state index contributed by atoms with van der Waals surface area (Å²) in [5.74, 6) is -2.42. The van der Waals surface area contributed by atoms with Crippen LogP contribution in [0.2, 0.25) is 0 Å². The molecule has 0 aliphatic rings. The van der Waals surface area contributed by atoms with Crippen molar-refractivity contribution in [2.24, 2.45) is 5.14 Å². The smallest absolute Gasteiger partial charge is 0.421 e. The summed E-state index contributed by atoms with van der Waals surface area (Å²) < 4.78 is 51.7. The zero-order chi connectivity index (χ0) is 15.8. The number of alkyl halides is 2. The molecule has 20 heavy (non-hydrogen) atoms. The summed E-state index contributed by atoms with van der Waals surface area (Å²) >= 11 is 0. The average Bonchev–Trinajstić information content (AvgIpc) is 2.26. The van der Waals surface area contributed by atoms with Crippen LogP contribution in [0.5, 0.6) is 5.75 Å². The minimum absolute atomic E-state index is 0.160. The van der Waals surface area contributed by atoms with E-state index in [-0.39, 0.29) is 11.2 Å². The molecule has 1 aromatic rings. The van der Waals surface area contributed by atoms with Crippen LogP contribution in [0.1, 0.15) is 26.3 Å². The summed E-state index contributed by atoms with van der Waals surface area (Å²) in [6.07, 6.45) is 0. The quantitative estimate of drug-likeness (QED) is 0.681. The monoisotopic (exact) mass is 307 g/mol. The molecule has 0 unspecified atom stereocenters. The van der Waals surface area contributed by atoms with Crippen molar-refractivity contribution in [1.82, 2.24) is 0 Å². The van der Waals surface area contributed by atoms with Crippen LogP contribution in [0, 0.1) is 0 Å². The molecule has 0 atom stereocenters. The van der Waals surface area contributed by atoms with E-state index in [0.717, 1.165) is 5.56 Å². The van der Waals surface area contributed by atoms with Gasteiger partial charge in [0.2, 0.25) is 0 Å². The van der Waals surface area contributed by atoms with Crippen molar-refractivity contribution in [2.75, 3.05) is 0 Å². The molecule has 1 rings (SSSR count). The van der Waals surface area contributed by atoms with Crippen LogP contribution < -0.4 is 9.88 Å². The Morgan fingerprint density at radius 2 is 1.60 bits per heavy atom. The predicted molar refractivity (Wildman–Crippen MR) is 68.8 cm³/mol. The first kappa shape index (κ1) is 16.5. The number of hydrogen-bond donors (Lipinski definition) is 1. The van der Waals surface area contributed by atoms with Crippen LogP contribution in [0.3, 0.4) is 0 Å². The number of esters is 1. The molecule has 0 heterocycles. The SMILES string of the molecule is CC(C)(C)c1ccc(OC(=O)C(F)(F)S(N)(=O)=O)cc1. The summed E-state index contributed by atoms with van der Waals surface area (Å²) in [4.78, 5) is 11.1. The fourth-order valence-corrected chi connectivity index (χ4v) is 1.58. The molecule has 8 heteroatoms. The highest BCUT2D eigenvalue weighted by Crippen LogP contribution is 2.26. The van der Waals surface area contributed by atoms with Gasteiger partial charge in [-0.2, -0.15) is 8.78 Å². The minimum atomic E-state index is -5.36. The van der Waals surface area contributed by atoms with Gasteiger partial charge >= 0.3 is 11.2 Å². The molecule has 0 aliphatic heterocycles. The van der Waals surface area contributed by atoms with Gasteiger partial charge in [0, 0.05) is 0 Å². The first-order chi connectivity index (χ1) is 8.85. The molecule has 0 aromatic heterocycles. The molecular weight excluding hydrogens is 292 g/mol. The minimum Gasteiger partial charge on any atom is -0.421 e. The maximum Gasteiger partial charge on any atom is 0.454 e. The number of ether oxygens (including phenoxy) is 1. The zero-order valence-electron chi connectivity index (χ0n) is 11.2. The van der Waals surface area contributed by atoms with E-state index in [9.17, 15) is 22.0 Å². The molecule has 0 saturated carbocycles. The van der Waals surface area contributed by atoms with E-state index >= 15 is 0 Å². The molecule has 0 amide bonds. The lowest BCUT2D eigenvalue weighted by Crippen LogP contribution is -2.44. The number of carbonyl (C=O) groups is 1. The number of hydrogen-bond acceptors (Lipinski definition) is 4. The molecule has 0 aliphatic carbocycles. The Bertz CT molecular complexity index is 603. The fraction of sp³-hybridized carbons (Fsp3) is 0.417. The predicted octanol–water partition coefficient (Wildman–Crippen LogP) is 1.77. The maximum atomic E-state index is 13.1. The Labute approximate surface area is 115 Å². The van der Waals surface area contributed by atoms with Gasteiger partial charge in [0.1, 0.15) is 5.75 Å². The lowest BCUT2D eigenvalue weighted by atomic mass is 9.87. The molecule has 0 fully saturated rings. The number of benzene rings is 1. The second-order valence-electron chi connectivity index (χ2n) is 5.23. The van der Waals surface area contributed by atoms with Crippen molar-refractivity contribution < 1.29 is 26.7 Å². The van der Waals surface area contributed by atoms with Gasteiger partial charge < -0.3 is 4.74 Å². The first-order valence-corrected chi connectivity index (χ1v) is 7.13. The normalized spacial score (nSPS) is 13.1. The molecule has 5 nitrogen and oxygen atoms in total. The summed E-state index contributed by atoms with van der Waals surface area (Å²) in [6.45, 7) is 5.84. The Kier molecular flexibility index (Phi) is 4.21.